The smallest absolute Gasteiger partial charge is 0.280 e. The molecule has 1 aliphatic rings. The van der Waals surface area contributed by atoms with Gasteiger partial charge in [-0.3, -0.25) is 9.59 Å². The number of hydrogen-bond donors (Lipinski definition) is 2. The molecule has 5 rings (SSSR count). The molecule has 3 N–H and O–H groups in total. The summed E-state index contributed by atoms with van der Waals surface area (Å²) in [7, 11) is 0. The van der Waals surface area contributed by atoms with Crippen molar-refractivity contribution in [2.45, 2.75) is 31.9 Å². The molecular formula is C23H17BrClF2N5O3S. The molecule has 186 valence electrons. The number of benzene rings is 1. The van der Waals surface area contributed by atoms with E-state index in [0.29, 0.717) is 26.2 Å². The van der Waals surface area contributed by atoms with E-state index in [1.807, 2.05) is 0 Å². The second-order valence-corrected chi connectivity index (χ2v) is 10.4. The molecule has 1 saturated carbocycles. The first kappa shape index (κ1) is 24.6. The third kappa shape index (κ3) is 4.93. The number of ether oxygens (including phenoxy) is 1. The number of hydrogen-bond acceptors (Lipinski definition) is 6. The van der Waals surface area contributed by atoms with Gasteiger partial charge in [0.05, 0.1) is 10.2 Å². The van der Waals surface area contributed by atoms with Crippen LogP contribution in [0.15, 0.2) is 41.0 Å². The molecule has 1 fully saturated rings. The number of amides is 2. The van der Waals surface area contributed by atoms with Gasteiger partial charge < -0.3 is 15.8 Å². The molecule has 0 spiro atoms. The van der Waals surface area contributed by atoms with E-state index < -0.39 is 18.2 Å². The fourth-order valence-corrected chi connectivity index (χ4v) is 5.55. The molecule has 4 aromatic rings. The zero-order chi connectivity index (χ0) is 25.6. The van der Waals surface area contributed by atoms with Gasteiger partial charge in [0.2, 0.25) is 0 Å². The number of halogens is 4. The van der Waals surface area contributed by atoms with Crippen LogP contribution in [0.2, 0.25) is 5.02 Å². The van der Waals surface area contributed by atoms with Crippen LogP contribution >= 0.6 is 38.9 Å². The number of nitrogens with zero attached hydrogens (tertiary/aromatic N) is 3. The highest BCUT2D eigenvalue weighted by Gasteiger charge is 2.32. The SMILES string of the molecule is NC(=O)c1sc2nc(C(F)F)cc(C3CC3)c2c1NC(=O)c1ccn(COc2ccc(Cl)cc2Br)n1. The van der Waals surface area contributed by atoms with Crippen molar-refractivity contribution in [2.75, 3.05) is 5.32 Å². The summed E-state index contributed by atoms with van der Waals surface area (Å²) in [5, 5.41) is 7.95. The minimum absolute atomic E-state index is 0.0214. The number of pyridine rings is 1. The maximum Gasteiger partial charge on any atom is 0.280 e. The van der Waals surface area contributed by atoms with Crippen LogP contribution in [0.4, 0.5) is 14.5 Å². The fraction of sp³-hybridized carbons (Fsp3) is 0.217. The zero-order valence-electron chi connectivity index (χ0n) is 18.3. The summed E-state index contributed by atoms with van der Waals surface area (Å²) < 4.78 is 34.6. The molecule has 8 nitrogen and oxygen atoms in total. The average Bonchev–Trinajstić information content (AvgIpc) is 3.45. The fourth-order valence-electron chi connectivity index (χ4n) is 3.73. The van der Waals surface area contributed by atoms with Gasteiger partial charge in [0.15, 0.2) is 12.4 Å². The molecule has 0 aliphatic heterocycles. The summed E-state index contributed by atoms with van der Waals surface area (Å²) in [6.45, 7) is 0.0214. The second-order valence-electron chi connectivity index (χ2n) is 8.10. The molecule has 0 radical (unpaired) electrons. The maximum absolute atomic E-state index is 13.4. The van der Waals surface area contributed by atoms with Gasteiger partial charge in [-0.1, -0.05) is 11.6 Å². The Morgan fingerprint density at radius 1 is 1.31 bits per heavy atom. The molecule has 3 aromatic heterocycles. The Balaban J connectivity index is 1.41. The lowest BCUT2D eigenvalue weighted by Crippen LogP contribution is -2.18. The second kappa shape index (κ2) is 9.75. The number of carbonyl (C=O) groups is 2. The minimum atomic E-state index is -2.76. The molecule has 13 heteroatoms. The lowest BCUT2D eigenvalue weighted by atomic mass is 10.0. The first-order valence-electron chi connectivity index (χ1n) is 10.7. The predicted molar refractivity (Wildman–Crippen MR) is 135 cm³/mol. The first-order chi connectivity index (χ1) is 17.2. The van der Waals surface area contributed by atoms with Gasteiger partial charge in [0, 0.05) is 16.6 Å². The number of rotatable bonds is 8. The number of fused-ring (bicyclic) bond motifs is 1. The van der Waals surface area contributed by atoms with Crippen LogP contribution < -0.4 is 15.8 Å². The summed E-state index contributed by atoms with van der Waals surface area (Å²) in [5.74, 6) is -0.785. The van der Waals surface area contributed by atoms with Crippen LogP contribution in [0.1, 0.15) is 56.6 Å². The van der Waals surface area contributed by atoms with E-state index in [-0.39, 0.29) is 39.4 Å². The van der Waals surface area contributed by atoms with Crippen molar-refractivity contribution in [1.29, 1.82) is 0 Å². The van der Waals surface area contributed by atoms with Crippen molar-refractivity contribution >= 4 is 66.6 Å². The van der Waals surface area contributed by atoms with Gasteiger partial charge in [0.25, 0.3) is 18.2 Å². The van der Waals surface area contributed by atoms with Crippen LogP contribution in [0.5, 0.6) is 5.75 Å². The number of thiophene rings is 1. The topological polar surface area (TPSA) is 112 Å². The Kier molecular flexibility index (Phi) is 6.66. The summed E-state index contributed by atoms with van der Waals surface area (Å²) in [6, 6.07) is 7.90. The van der Waals surface area contributed by atoms with Gasteiger partial charge in [-0.15, -0.1) is 11.3 Å². The summed E-state index contributed by atoms with van der Waals surface area (Å²) in [6.07, 6.45) is 0.450. The predicted octanol–water partition coefficient (Wildman–Crippen LogP) is 6.11. The molecule has 0 saturated heterocycles. The monoisotopic (exact) mass is 595 g/mol. The largest absolute Gasteiger partial charge is 0.470 e. The zero-order valence-corrected chi connectivity index (χ0v) is 21.5. The Hall–Kier alpha value is -3.09. The number of alkyl halides is 2. The Morgan fingerprint density at radius 2 is 2.08 bits per heavy atom. The minimum Gasteiger partial charge on any atom is -0.470 e. The van der Waals surface area contributed by atoms with E-state index in [2.05, 4.69) is 31.3 Å². The van der Waals surface area contributed by atoms with Crippen LogP contribution in [0, 0.1) is 0 Å². The first-order valence-corrected chi connectivity index (χ1v) is 12.7. The van der Waals surface area contributed by atoms with E-state index in [9.17, 15) is 18.4 Å². The quantitative estimate of drug-likeness (QED) is 0.255. The molecule has 0 atom stereocenters. The molecule has 36 heavy (non-hydrogen) atoms. The summed E-state index contributed by atoms with van der Waals surface area (Å²) in [4.78, 5) is 29.5. The third-order valence-electron chi connectivity index (χ3n) is 5.53. The summed E-state index contributed by atoms with van der Waals surface area (Å²) >= 11 is 10.2. The van der Waals surface area contributed by atoms with Crippen molar-refractivity contribution in [3.63, 3.8) is 0 Å². The lowest BCUT2D eigenvalue weighted by Gasteiger charge is -2.10. The molecular weight excluding hydrogens is 580 g/mol. The van der Waals surface area contributed by atoms with Crippen LogP contribution in [-0.2, 0) is 6.73 Å². The number of carbonyl (C=O) groups excluding carboxylic acids is 2. The van der Waals surface area contributed by atoms with Crippen LogP contribution in [0.25, 0.3) is 10.2 Å². The van der Waals surface area contributed by atoms with Crippen molar-refractivity contribution in [3.8, 4) is 5.75 Å². The van der Waals surface area contributed by atoms with Crippen molar-refractivity contribution in [2.24, 2.45) is 5.73 Å². The van der Waals surface area contributed by atoms with Crippen molar-refractivity contribution in [1.82, 2.24) is 14.8 Å². The molecule has 1 aromatic carbocycles. The van der Waals surface area contributed by atoms with Gasteiger partial charge in [-0.2, -0.15) is 5.10 Å². The van der Waals surface area contributed by atoms with Gasteiger partial charge in [-0.05, 0) is 70.6 Å². The number of nitrogens with two attached hydrogens (primary N) is 1. The normalized spacial score (nSPS) is 13.4. The highest BCUT2D eigenvalue weighted by molar-refractivity contribution is 9.10. The van der Waals surface area contributed by atoms with E-state index in [0.717, 1.165) is 24.2 Å². The number of nitrogens with one attached hydrogen (secondary N) is 1. The van der Waals surface area contributed by atoms with E-state index in [4.69, 9.17) is 22.1 Å². The molecule has 0 bridgehead atoms. The molecule has 2 amide bonds. The Morgan fingerprint density at radius 3 is 2.75 bits per heavy atom. The van der Waals surface area contributed by atoms with Crippen molar-refractivity contribution < 1.29 is 23.1 Å². The van der Waals surface area contributed by atoms with Gasteiger partial charge in [0.1, 0.15) is 21.2 Å². The molecule has 1 aliphatic carbocycles. The van der Waals surface area contributed by atoms with E-state index >= 15 is 0 Å². The van der Waals surface area contributed by atoms with Crippen LogP contribution in [-0.4, -0.2) is 26.6 Å². The van der Waals surface area contributed by atoms with E-state index in [1.54, 1.807) is 24.4 Å². The maximum atomic E-state index is 13.4. The van der Waals surface area contributed by atoms with E-state index in [1.165, 1.54) is 16.8 Å². The van der Waals surface area contributed by atoms with Crippen molar-refractivity contribution in [3.05, 3.63) is 67.9 Å². The number of aromatic nitrogens is 3. The molecule has 3 heterocycles. The number of primary amides is 1. The van der Waals surface area contributed by atoms with Gasteiger partial charge in [-0.25, -0.2) is 18.4 Å². The Bertz CT molecular complexity index is 1500. The average molecular weight is 597 g/mol. The molecule has 0 unspecified atom stereocenters. The van der Waals surface area contributed by atoms with Gasteiger partial charge >= 0.3 is 0 Å². The third-order valence-corrected chi connectivity index (χ3v) is 7.49. The highest BCUT2D eigenvalue weighted by atomic mass is 79.9. The highest BCUT2D eigenvalue weighted by Crippen LogP contribution is 2.48. The summed E-state index contributed by atoms with van der Waals surface area (Å²) in [5.41, 5.74) is 6.03. The standard InChI is InChI=1S/C23H17BrClF2N5O3S/c24-13-7-11(25)3-4-16(13)35-9-32-6-5-14(31-32)22(34)30-18-17-12(10-1-2-10)8-15(20(26)27)29-23(17)36-19(18)21(28)33/h3-8,10,20H,1-2,9H2,(H2,28,33)(H,30,34). The Labute approximate surface area is 220 Å². The lowest BCUT2D eigenvalue weighted by molar-refractivity contribution is 0.100. The van der Waals surface area contributed by atoms with Crippen LogP contribution in [0.3, 0.4) is 0 Å². The number of anilines is 1.